The van der Waals surface area contributed by atoms with E-state index in [9.17, 15) is 4.79 Å². The van der Waals surface area contributed by atoms with E-state index in [4.69, 9.17) is 8.94 Å². The van der Waals surface area contributed by atoms with Crippen molar-refractivity contribution >= 4 is 11.6 Å². The largest absolute Gasteiger partial charge is 0.461 e. The normalized spacial score (nSPS) is 10.8. The number of anilines is 1. The highest BCUT2D eigenvalue weighted by atomic mass is 16.5. The summed E-state index contributed by atoms with van der Waals surface area (Å²) in [6, 6.07) is 5.44. The minimum Gasteiger partial charge on any atom is -0.461 e. The predicted molar refractivity (Wildman–Crippen MR) is 87.4 cm³/mol. The maximum atomic E-state index is 12.2. The fourth-order valence-electron chi connectivity index (χ4n) is 2.50. The molecule has 24 heavy (non-hydrogen) atoms. The summed E-state index contributed by atoms with van der Waals surface area (Å²) in [5.41, 5.74) is 3.48. The van der Waals surface area contributed by atoms with Crippen LogP contribution < -0.4 is 5.32 Å². The highest BCUT2D eigenvalue weighted by Crippen LogP contribution is 2.20. The third-order valence-electron chi connectivity index (χ3n) is 3.57. The molecule has 0 atom stereocenters. The van der Waals surface area contributed by atoms with Gasteiger partial charge in [-0.25, -0.2) is 0 Å². The Morgan fingerprint density at radius 1 is 1.25 bits per heavy atom. The highest BCUT2D eigenvalue weighted by molar-refractivity contribution is 5.92. The highest BCUT2D eigenvalue weighted by Gasteiger charge is 2.14. The summed E-state index contributed by atoms with van der Waals surface area (Å²) in [5.74, 6) is 1.19. The smallest absolute Gasteiger partial charge is 0.238 e. The van der Waals surface area contributed by atoms with E-state index in [1.54, 1.807) is 18.4 Å². The van der Waals surface area contributed by atoms with Gasteiger partial charge in [0.2, 0.25) is 17.6 Å². The number of rotatable bonds is 5. The second kappa shape index (κ2) is 6.66. The van der Waals surface area contributed by atoms with Crippen molar-refractivity contribution in [1.82, 2.24) is 15.1 Å². The Kier molecular flexibility index (Phi) is 4.41. The summed E-state index contributed by atoms with van der Waals surface area (Å²) >= 11 is 0. The number of aromatic nitrogens is 3. The molecule has 1 amide bonds. The number of pyridine rings is 1. The summed E-state index contributed by atoms with van der Waals surface area (Å²) in [5, 5.41) is 6.74. The number of hydrogen-bond donors (Lipinski definition) is 1. The van der Waals surface area contributed by atoms with E-state index in [1.807, 2.05) is 26.8 Å². The molecule has 0 aliphatic heterocycles. The fourth-order valence-corrected chi connectivity index (χ4v) is 2.50. The molecule has 3 heterocycles. The van der Waals surface area contributed by atoms with Gasteiger partial charge in [0, 0.05) is 18.5 Å². The predicted octanol–water partition coefficient (Wildman–Crippen LogP) is 3.22. The van der Waals surface area contributed by atoms with Gasteiger partial charge in [-0.3, -0.25) is 9.78 Å². The van der Waals surface area contributed by atoms with E-state index in [2.05, 4.69) is 20.4 Å². The van der Waals surface area contributed by atoms with Gasteiger partial charge in [0.15, 0.2) is 5.76 Å². The van der Waals surface area contributed by atoms with E-state index in [-0.39, 0.29) is 12.3 Å². The molecule has 0 saturated carbocycles. The number of carbonyl (C=O) groups is 1. The maximum Gasteiger partial charge on any atom is 0.238 e. The van der Waals surface area contributed by atoms with Crippen LogP contribution in [-0.4, -0.2) is 21.0 Å². The molecule has 7 nitrogen and oxygen atoms in total. The second-order valence-electron chi connectivity index (χ2n) is 5.58. The van der Waals surface area contributed by atoms with Crippen LogP contribution in [0.3, 0.4) is 0 Å². The van der Waals surface area contributed by atoms with Crippen LogP contribution in [0.2, 0.25) is 0 Å². The van der Waals surface area contributed by atoms with E-state index >= 15 is 0 Å². The quantitative estimate of drug-likeness (QED) is 0.773. The summed E-state index contributed by atoms with van der Waals surface area (Å²) in [7, 11) is 0. The van der Waals surface area contributed by atoms with Crippen molar-refractivity contribution in [2.75, 3.05) is 5.32 Å². The summed E-state index contributed by atoms with van der Waals surface area (Å²) < 4.78 is 10.3. The summed E-state index contributed by atoms with van der Waals surface area (Å²) in [6.45, 7) is 5.76. The number of nitrogens with one attached hydrogen (secondary N) is 1. The van der Waals surface area contributed by atoms with Crippen LogP contribution in [0.25, 0.3) is 11.6 Å². The van der Waals surface area contributed by atoms with Crippen molar-refractivity contribution < 1.29 is 13.7 Å². The van der Waals surface area contributed by atoms with Crippen LogP contribution in [0.4, 0.5) is 5.69 Å². The Balaban J connectivity index is 1.60. The maximum absolute atomic E-state index is 12.2. The van der Waals surface area contributed by atoms with Crippen LogP contribution >= 0.6 is 0 Å². The van der Waals surface area contributed by atoms with Gasteiger partial charge in [-0.2, -0.15) is 4.98 Å². The zero-order chi connectivity index (χ0) is 17.1. The number of aryl methyl sites for hydroxylation is 4. The lowest BCUT2D eigenvalue weighted by atomic mass is 10.1. The molecular weight excluding hydrogens is 308 g/mol. The second-order valence-corrected chi connectivity index (χ2v) is 5.58. The van der Waals surface area contributed by atoms with E-state index in [1.165, 1.54) is 0 Å². The third kappa shape index (κ3) is 3.51. The van der Waals surface area contributed by atoms with Crippen LogP contribution in [0.5, 0.6) is 0 Å². The number of hydrogen-bond acceptors (Lipinski definition) is 6. The van der Waals surface area contributed by atoms with E-state index < -0.39 is 0 Å². The number of carbonyl (C=O) groups excluding carboxylic acids is 1. The van der Waals surface area contributed by atoms with Gasteiger partial charge in [-0.05, 0) is 44.5 Å². The van der Waals surface area contributed by atoms with Crippen LogP contribution in [0.1, 0.15) is 29.3 Å². The minimum absolute atomic E-state index is 0.121. The number of nitrogens with zero attached hydrogens (tertiary/aromatic N) is 3. The molecule has 124 valence electrons. The minimum atomic E-state index is -0.121. The molecule has 3 aromatic heterocycles. The lowest BCUT2D eigenvalue weighted by Gasteiger charge is -2.11. The first-order valence-electron chi connectivity index (χ1n) is 7.64. The Morgan fingerprint density at radius 2 is 2.08 bits per heavy atom. The SMILES string of the molecule is Cc1cc(C)c(NC(=O)CCc2nc(-c3ccco3)no2)c(C)n1. The molecular formula is C17H18N4O3. The summed E-state index contributed by atoms with van der Waals surface area (Å²) in [6.07, 6.45) is 2.14. The third-order valence-corrected chi connectivity index (χ3v) is 3.57. The Hall–Kier alpha value is -2.96. The number of amides is 1. The molecule has 1 N–H and O–H groups in total. The van der Waals surface area contributed by atoms with E-state index in [0.29, 0.717) is 23.9 Å². The topological polar surface area (TPSA) is 94.1 Å². The zero-order valence-electron chi connectivity index (χ0n) is 13.8. The van der Waals surface area contributed by atoms with Crippen molar-refractivity contribution in [3.05, 3.63) is 47.3 Å². The van der Waals surface area contributed by atoms with Gasteiger partial charge in [0.1, 0.15) is 0 Å². The molecule has 3 aromatic rings. The Bertz CT molecular complexity index is 830. The first kappa shape index (κ1) is 15.9. The van der Waals surface area contributed by atoms with Crippen molar-refractivity contribution in [1.29, 1.82) is 0 Å². The molecule has 0 aliphatic carbocycles. The van der Waals surface area contributed by atoms with Crippen LogP contribution in [0.15, 0.2) is 33.4 Å². The first-order chi connectivity index (χ1) is 11.5. The van der Waals surface area contributed by atoms with E-state index in [0.717, 1.165) is 22.6 Å². The van der Waals surface area contributed by atoms with Crippen molar-refractivity contribution in [3.8, 4) is 11.6 Å². The Morgan fingerprint density at radius 3 is 2.79 bits per heavy atom. The average molecular weight is 326 g/mol. The van der Waals surface area contributed by atoms with Gasteiger partial charge >= 0.3 is 0 Å². The van der Waals surface area contributed by atoms with Gasteiger partial charge in [0.05, 0.1) is 17.6 Å². The molecule has 0 bridgehead atoms. The molecule has 0 spiro atoms. The van der Waals surface area contributed by atoms with Crippen LogP contribution in [0, 0.1) is 20.8 Å². The standard InChI is InChI=1S/C17H18N4O3/c1-10-9-11(2)18-12(3)16(10)19-14(22)6-7-15-20-17(21-24-15)13-5-4-8-23-13/h4-5,8-9H,6-7H2,1-3H3,(H,19,22). The molecule has 7 heteroatoms. The van der Waals surface area contributed by atoms with Crippen LogP contribution in [-0.2, 0) is 11.2 Å². The zero-order valence-corrected chi connectivity index (χ0v) is 13.8. The monoisotopic (exact) mass is 326 g/mol. The lowest BCUT2D eigenvalue weighted by molar-refractivity contribution is -0.116. The number of furan rings is 1. The lowest BCUT2D eigenvalue weighted by Crippen LogP contribution is -2.15. The van der Waals surface area contributed by atoms with Gasteiger partial charge in [-0.1, -0.05) is 5.16 Å². The van der Waals surface area contributed by atoms with Crippen molar-refractivity contribution in [3.63, 3.8) is 0 Å². The Labute approximate surface area is 139 Å². The summed E-state index contributed by atoms with van der Waals surface area (Å²) in [4.78, 5) is 20.7. The fraction of sp³-hybridized carbons (Fsp3) is 0.294. The molecule has 0 radical (unpaired) electrons. The first-order valence-corrected chi connectivity index (χ1v) is 7.64. The van der Waals surface area contributed by atoms with Gasteiger partial charge in [-0.15, -0.1) is 0 Å². The molecule has 0 fully saturated rings. The molecule has 0 saturated heterocycles. The molecule has 0 aliphatic rings. The molecule has 3 rings (SSSR count). The molecule has 0 unspecified atom stereocenters. The van der Waals surface area contributed by atoms with Gasteiger partial charge < -0.3 is 14.3 Å². The average Bonchev–Trinajstić information content (AvgIpc) is 3.19. The van der Waals surface area contributed by atoms with Crippen molar-refractivity contribution in [2.45, 2.75) is 33.6 Å². The van der Waals surface area contributed by atoms with Crippen molar-refractivity contribution in [2.24, 2.45) is 0 Å². The molecule has 0 aromatic carbocycles. The van der Waals surface area contributed by atoms with Gasteiger partial charge in [0.25, 0.3) is 0 Å².